The Balaban J connectivity index is 2.10. The quantitative estimate of drug-likeness (QED) is 0.934. The molecule has 0 spiro atoms. The summed E-state index contributed by atoms with van der Waals surface area (Å²) in [5.41, 5.74) is 0.678. The molecule has 0 bridgehead atoms. The first-order valence-electron chi connectivity index (χ1n) is 4.93. The van der Waals surface area contributed by atoms with Crippen LogP contribution in [0.25, 0.3) is 0 Å². The molecule has 0 saturated heterocycles. The summed E-state index contributed by atoms with van der Waals surface area (Å²) >= 11 is 3.31. The molecule has 0 aromatic carbocycles. The summed E-state index contributed by atoms with van der Waals surface area (Å²) in [6, 6.07) is 1.30. The Labute approximate surface area is 106 Å². The SMILES string of the molecule is CC(C(=O)Nc1ccncc1Br)n1cncn1. The number of aromatic nitrogens is 4. The van der Waals surface area contributed by atoms with Gasteiger partial charge in [-0.1, -0.05) is 0 Å². The number of rotatable bonds is 3. The standard InChI is InChI=1S/C10H10BrN5O/c1-7(16-6-13-5-14-16)10(17)15-9-2-3-12-4-8(9)11/h2-7H,1H3,(H,12,15,17). The summed E-state index contributed by atoms with van der Waals surface area (Å²) in [5.74, 6) is -0.164. The van der Waals surface area contributed by atoms with Gasteiger partial charge in [-0.2, -0.15) is 5.10 Å². The molecule has 1 N–H and O–H groups in total. The van der Waals surface area contributed by atoms with E-state index in [-0.39, 0.29) is 5.91 Å². The van der Waals surface area contributed by atoms with Gasteiger partial charge in [-0.3, -0.25) is 9.78 Å². The number of carbonyl (C=O) groups is 1. The molecule has 0 fully saturated rings. The minimum atomic E-state index is -0.419. The van der Waals surface area contributed by atoms with E-state index in [4.69, 9.17) is 0 Å². The van der Waals surface area contributed by atoms with Gasteiger partial charge in [0, 0.05) is 12.4 Å². The van der Waals surface area contributed by atoms with Crippen LogP contribution in [0.1, 0.15) is 13.0 Å². The average molecular weight is 296 g/mol. The van der Waals surface area contributed by atoms with E-state index in [1.54, 1.807) is 25.4 Å². The number of hydrogen-bond donors (Lipinski definition) is 1. The van der Waals surface area contributed by atoms with Crippen molar-refractivity contribution in [3.63, 3.8) is 0 Å². The van der Waals surface area contributed by atoms with Gasteiger partial charge in [-0.25, -0.2) is 9.67 Å². The number of amides is 1. The van der Waals surface area contributed by atoms with Gasteiger partial charge >= 0.3 is 0 Å². The van der Waals surface area contributed by atoms with Gasteiger partial charge in [0.2, 0.25) is 5.91 Å². The van der Waals surface area contributed by atoms with Crippen molar-refractivity contribution in [2.24, 2.45) is 0 Å². The summed E-state index contributed by atoms with van der Waals surface area (Å²) in [6.45, 7) is 1.75. The molecule has 0 saturated carbocycles. The Bertz CT molecular complexity index is 513. The van der Waals surface area contributed by atoms with Crippen LogP contribution >= 0.6 is 15.9 Å². The number of halogens is 1. The molecule has 2 aromatic heterocycles. The van der Waals surface area contributed by atoms with E-state index in [1.165, 1.54) is 17.3 Å². The third kappa shape index (κ3) is 2.68. The van der Waals surface area contributed by atoms with Crippen molar-refractivity contribution in [1.29, 1.82) is 0 Å². The maximum Gasteiger partial charge on any atom is 0.249 e. The lowest BCUT2D eigenvalue weighted by atomic mass is 10.3. The molecule has 0 radical (unpaired) electrons. The maximum absolute atomic E-state index is 11.9. The van der Waals surface area contributed by atoms with Crippen LogP contribution in [0.4, 0.5) is 5.69 Å². The molecule has 2 heterocycles. The third-order valence-electron chi connectivity index (χ3n) is 2.24. The molecule has 2 aromatic rings. The molecule has 17 heavy (non-hydrogen) atoms. The van der Waals surface area contributed by atoms with Crippen LogP contribution < -0.4 is 5.32 Å². The van der Waals surface area contributed by atoms with E-state index in [0.29, 0.717) is 5.69 Å². The highest BCUT2D eigenvalue weighted by Crippen LogP contribution is 2.20. The molecular formula is C10H10BrN5O. The lowest BCUT2D eigenvalue weighted by molar-refractivity contribution is -0.119. The summed E-state index contributed by atoms with van der Waals surface area (Å²) in [6.07, 6.45) is 6.13. The van der Waals surface area contributed by atoms with E-state index >= 15 is 0 Å². The molecule has 2 rings (SSSR count). The molecule has 0 aliphatic rings. The fraction of sp³-hybridized carbons (Fsp3) is 0.200. The Morgan fingerprint density at radius 3 is 3.00 bits per heavy atom. The van der Waals surface area contributed by atoms with Gasteiger partial charge in [0.1, 0.15) is 18.7 Å². The number of pyridine rings is 1. The van der Waals surface area contributed by atoms with Crippen LogP contribution in [-0.4, -0.2) is 25.7 Å². The van der Waals surface area contributed by atoms with Gasteiger partial charge < -0.3 is 5.32 Å². The fourth-order valence-corrected chi connectivity index (χ4v) is 1.60. The zero-order chi connectivity index (χ0) is 12.3. The Hall–Kier alpha value is -1.76. The van der Waals surface area contributed by atoms with Crippen molar-refractivity contribution >= 4 is 27.5 Å². The zero-order valence-corrected chi connectivity index (χ0v) is 10.6. The van der Waals surface area contributed by atoms with Crippen LogP contribution in [0, 0.1) is 0 Å². The van der Waals surface area contributed by atoms with Crippen LogP contribution in [-0.2, 0) is 4.79 Å². The van der Waals surface area contributed by atoms with Gasteiger partial charge in [0.15, 0.2) is 0 Å². The molecular weight excluding hydrogens is 286 g/mol. The minimum absolute atomic E-state index is 0.164. The highest BCUT2D eigenvalue weighted by atomic mass is 79.9. The van der Waals surface area contributed by atoms with Crippen LogP contribution in [0.5, 0.6) is 0 Å². The second-order valence-electron chi connectivity index (χ2n) is 3.40. The number of nitrogens with one attached hydrogen (secondary N) is 1. The summed E-state index contributed by atoms with van der Waals surface area (Å²) in [7, 11) is 0. The predicted molar refractivity (Wildman–Crippen MR) is 65.3 cm³/mol. The first-order valence-corrected chi connectivity index (χ1v) is 5.72. The van der Waals surface area contributed by atoms with Crippen LogP contribution in [0.2, 0.25) is 0 Å². The molecule has 6 nitrogen and oxygen atoms in total. The smallest absolute Gasteiger partial charge is 0.249 e. The van der Waals surface area contributed by atoms with Crippen molar-refractivity contribution in [3.8, 4) is 0 Å². The van der Waals surface area contributed by atoms with Gasteiger partial charge in [0.25, 0.3) is 0 Å². The number of carbonyl (C=O) groups excluding carboxylic acids is 1. The van der Waals surface area contributed by atoms with Crippen molar-refractivity contribution in [3.05, 3.63) is 35.6 Å². The summed E-state index contributed by atoms with van der Waals surface area (Å²) in [5, 5.41) is 6.71. The molecule has 7 heteroatoms. The lowest BCUT2D eigenvalue weighted by Gasteiger charge is -2.12. The normalized spacial score (nSPS) is 12.1. The zero-order valence-electron chi connectivity index (χ0n) is 9.04. The summed E-state index contributed by atoms with van der Waals surface area (Å²) < 4.78 is 2.23. The Morgan fingerprint density at radius 2 is 2.35 bits per heavy atom. The van der Waals surface area contributed by atoms with Crippen molar-refractivity contribution < 1.29 is 4.79 Å². The predicted octanol–water partition coefficient (Wildman–Crippen LogP) is 1.64. The molecule has 1 amide bonds. The van der Waals surface area contributed by atoms with Crippen molar-refractivity contribution in [2.45, 2.75) is 13.0 Å². The van der Waals surface area contributed by atoms with Crippen LogP contribution in [0.15, 0.2) is 35.6 Å². The van der Waals surface area contributed by atoms with Gasteiger partial charge in [0.05, 0.1) is 10.2 Å². The topological polar surface area (TPSA) is 72.7 Å². The first kappa shape index (κ1) is 11.7. The van der Waals surface area contributed by atoms with E-state index in [2.05, 4.69) is 36.3 Å². The molecule has 88 valence electrons. The van der Waals surface area contributed by atoms with Crippen molar-refractivity contribution in [2.75, 3.05) is 5.32 Å². The van der Waals surface area contributed by atoms with E-state index in [1.807, 2.05) is 0 Å². The number of hydrogen-bond acceptors (Lipinski definition) is 4. The second-order valence-corrected chi connectivity index (χ2v) is 4.25. The van der Waals surface area contributed by atoms with Crippen molar-refractivity contribution in [1.82, 2.24) is 19.7 Å². The Morgan fingerprint density at radius 1 is 1.53 bits per heavy atom. The highest BCUT2D eigenvalue weighted by molar-refractivity contribution is 9.10. The van der Waals surface area contributed by atoms with Crippen LogP contribution in [0.3, 0.4) is 0 Å². The summed E-state index contributed by atoms with van der Waals surface area (Å²) in [4.78, 5) is 19.6. The lowest BCUT2D eigenvalue weighted by Crippen LogP contribution is -2.24. The Kier molecular flexibility index (Phi) is 3.48. The fourth-order valence-electron chi connectivity index (χ4n) is 1.25. The number of nitrogens with zero attached hydrogens (tertiary/aromatic N) is 4. The van der Waals surface area contributed by atoms with E-state index in [0.717, 1.165) is 4.47 Å². The largest absolute Gasteiger partial charge is 0.323 e. The number of anilines is 1. The highest BCUT2D eigenvalue weighted by Gasteiger charge is 2.16. The monoisotopic (exact) mass is 295 g/mol. The van der Waals surface area contributed by atoms with Gasteiger partial charge in [-0.15, -0.1) is 0 Å². The third-order valence-corrected chi connectivity index (χ3v) is 2.88. The molecule has 0 aliphatic heterocycles. The van der Waals surface area contributed by atoms with E-state index < -0.39 is 6.04 Å². The maximum atomic E-state index is 11.9. The van der Waals surface area contributed by atoms with E-state index in [9.17, 15) is 4.79 Å². The molecule has 1 atom stereocenters. The second kappa shape index (κ2) is 5.05. The average Bonchev–Trinajstić information content (AvgIpc) is 2.84. The molecule has 0 aliphatic carbocycles. The minimum Gasteiger partial charge on any atom is -0.323 e. The molecule has 1 unspecified atom stereocenters. The first-order chi connectivity index (χ1) is 8.18. The van der Waals surface area contributed by atoms with Gasteiger partial charge in [-0.05, 0) is 28.9 Å².